The Morgan fingerprint density at radius 1 is 1.14 bits per heavy atom. The van der Waals surface area contributed by atoms with Gasteiger partial charge in [-0.2, -0.15) is 0 Å². The molecule has 0 bridgehead atoms. The van der Waals surface area contributed by atoms with Crippen LogP contribution in [0.15, 0.2) is 32.9 Å². The van der Waals surface area contributed by atoms with E-state index in [1.807, 2.05) is 24.3 Å². The van der Waals surface area contributed by atoms with Gasteiger partial charge in [-0.1, -0.05) is 60.8 Å². The molecule has 2 N–H and O–H groups in total. The summed E-state index contributed by atoms with van der Waals surface area (Å²) in [5, 5.41) is 13.2. The zero-order chi connectivity index (χ0) is 20.4. The molecular formula is C18H24N4O3S3. The maximum atomic E-state index is 11.8. The van der Waals surface area contributed by atoms with E-state index in [1.54, 1.807) is 18.9 Å². The largest absolute Gasteiger partial charge is 0.497 e. The molecule has 0 atom stereocenters. The molecule has 0 aliphatic heterocycles. The Morgan fingerprint density at radius 2 is 1.82 bits per heavy atom. The minimum atomic E-state index is -0.459. The number of imide groups is 1. The lowest BCUT2D eigenvalue weighted by Gasteiger charge is -2.07. The molecule has 28 heavy (non-hydrogen) atoms. The number of rotatable bonds is 10. The van der Waals surface area contributed by atoms with Crippen molar-refractivity contribution < 1.29 is 14.3 Å². The molecule has 0 unspecified atom stereocenters. The van der Waals surface area contributed by atoms with Gasteiger partial charge in [0.15, 0.2) is 8.68 Å². The molecule has 0 saturated carbocycles. The highest BCUT2D eigenvalue weighted by atomic mass is 32.2. The molecule has 0 spiro atoms. The van der Waals surface area contributed by atoms with E-state index in [0.717, 1.165) is 27.8 Å². The Balaban J connectivity index is 1.68. The highest BCUT2D eigenvalue weighted by Gasteiger charge is 2.11. The number of amides is 3. The predicted octanol–water partition coefficient (Wildman–Crippen LogP) is 3.80. The second kappa shape index (κ2) is 11.9. The molecule has 2 rings (SSSR count). The number of nitrogens with one attached hydrogen (secondary N) is 2. The van der Waals surface area contributed by atoms with Crippen molar-refractivity contribution in [2.24, 2.45) is 5.92 Å². The fraction of sp³-hybridized carbons (Fsp3) is 0.444. The van der Waals surface area contributed by atoms with Gasteiger partial charge >= 0.3 is 6.03 Å². The Hall–Kier alpha value is -1.78. The lowest BCUT2D eigenvalue weighted by Crippen LogP contribution is -2.40. The SMILES string of the molecule is COc1ccc(CSc2nnc(SCC(=O)NC(=O)NCCC(C)C)s2)cc1. The first kappa shape index (κ1) is 22.5. The minimum Gasteiger partial charge on any atom is -0.497 e. The fourth-order valence-corrected chi connectivity index (χ4v) is 4.77. The molecule has 0 aliphatic carbocycles. The van der Waals surface area contributed by atoms with Crippen LogP contribution < -0.4 is 15.4 Å². The van der Waals surface area contributed by atoms with Gasteiger partial charge in [0.1, 0.15) is 5.75 Å². The lowest BCUT2D eigenvalue weighted by molar-refractivity contribution is -0.117. The van der Waals surface area contributed by atoms with Gasteiger partial charge in [-0.25, -0.2) is 4.79 Å². The van der Waals surface area contributed by atoms with Crippen molar-refractivity contribution in [2.45, 2.75) is 34.7 Å². The first-order valence-electron chi connectivity index (χ1n) is 8.76. The number of thioether (sulfide) groups is 2. The third-order valence-electron chi connectivity index (χ3n) is 3.50. The molecule has 3 amide bonds. The average molecular weight is 441 g/mol. The monoisotopic (exact) mass is 440 g/mol. The number of carbonyl (C=O) groups excluding carboxylic acids is 2. The molecule has 1 heterocycles. The summed E-state index contributed by atoms with van der Waals surface area (Å²) in [5.41, 5.74) is 1.16. The summed E-state index contributed by atoms with van der Waals surface area (Å²) < 4.78 is 6.69. The Bertz CT molecular complexity index is 766. The van der Waals surface area contributed by atoms with Crippen molar-refractivity contribution in [3.63, 3.8) is 0 Å². The van der Waals surface area contributed by atoms with Crippen molar-refractivity contribution in [3.8, 4) is 5.75 Å². The van der Waals surface area contributed by atoms with E-state index in [9.17, 15) is 9.59 Å². The number of hydrogen-bond acceptors (Lipinski definition) is 8. The highest BCUT2D eigenvalue weighted by molar-refractivity contribution is 8.03. The first-order chi connectivity index (χ1) is 13.5. The zero-order valence-corrected chi connectivity index (χ0v) is 18.5. The predicted molar refractivity (Wildman–Crippen MR) is 114 cm³/mol. The van der Waals surface area contributed by atoms with E-state index in [2.05, 4.69) is 34.7 Å². The standard InChI is InChI=1S/C18H24N4O3S3/c1-12(2)8-9-19-16(24)20-15(23)11-27-18-22-21-17(28-18)26-10-13-4-6-14(25-3)7-5-13/h4-7,12H,8-11H2,1-3H3,(H2,19,20,23,24). The number of hydrogen-bond donors (Lipinski definition) is 2. The van der Waals surface area contributed by atoms with Crippen molar-refractivity contribution >= 4 is 46.8 Å². The van der Waals surface area contributed by atoms with Gasteiger partial charge in [-0.3, -0.25) is 10.1 Å². The Labute approximate surface area is 177 Å². The molecule has 2 aromatic rings. The number of urea groups is 1. The van der Waals surface area contributed by atoms with Crippen LogP contribution in [0.4, 0.5) is 4.79 Å². The summed E-state index contributed by atoms with van der Waals surface area (Å²) in [6.07, 6.45) is 0.873. The third-order valence-corrected chi connectivity index (χ3v) is 6.76. The van der Waals surface area contributed by atoms with Crippen LogP contribution in [0.25, 0.3) is 0 Å². The number of nitrogens with zero attached hydrogens (tertiary/aromatic N) is 2. The summed E-state index contributed by atoms with van der Waals surface area (Å²) in [6, 6.07) is 7.42. The normalized spacial score (nSPS) is 10.7. The maximum absolute atomic E-state index is 11.8. The maximum Gasteiger partial charge on any atom is 0.321 e. The third kappa shape index (κ3) is 8.49. The summed E-state index contributed by atoms with van der Waals surface area (Å²) >= 11 is 4.30. The van der Waals surface area contributed by atoms with Crippen LogP contribution in [-0.2, 0) is 10.5 Å². The van der Waals surface area contributed by atoms with Gasteiger partial charge < -0.3 is 10.1 Å². The van der Waals surface area contributed by atoms with E-state index in [4.69, 9.17) is 4.74 Å². The van der Waals surface area contributed by atoms with Crippen LogP contribution in [0.3, 0.4) is 0 Å². The quantitative estimate of drug-likeness (QED) is 0.543. The van der Waals surface area contributed by atoms with Gasteiger partial charge in [0.25, 0.3) is 0 Å². The van der Waals surface area contributed by atoms with E-state index in [1.165, 1.54) is 23.1 Å². The number of methoxy groups -OCH3 is 1. The fourth-order valence-electron chi connectivity index (χ4n) is 1.99. The van der Waals surface area contributed by atoms with Gasteiger partial charge in [-0.15, -0.1) is 10.2 Å². The highest BCUT2D eigenvalue weighted by Crippen LogP contribution is 2.30. The summed E-state index contributed by atoms with van der Waals surface area (Å²) in [5.74, 6) is 1.88. The molecule has 7 nitrogen and oxygen atoms in total. The van der Waals surface area contributed by atoms with E-state index >= 15 is 0 Å². The minimum absolute atomic E-state index is 0.120. The number of ether oxygens (including phenoxy) is 1. The van der Waals surface area contributed by atoms with E-state index < -0.39 is 6.03 Å². The van der Waals surface area contributed by atoms with E-state index in [0.29, 0.717) is 16.8 Å². The van der Waals surface area contributed by atoms with Crippen LogP contribution >= 0.6 is 34.9 Å². The summed E-state index contributed by atoms with van der Waals surface area (Å²) in [6.45, 7) is 4.70. The topological polar surface area (TPSA) is 93.2 Å². The number of aromatic nitrogens is 2. The van der Waals surface area contributed by atoms with Crippen LogP contribution in [0, 0.1) is 5.92 Å². The molecule has 1 aromatic carbocycles. The zero-order valence-electron chi connectivity index (χ0n) is 16.1. The molecular weight excluding hydrogens is 416 g/mol. The Morgan fingerprint density at radius 3 is 2.46 bits per heavy atom. The van der Waals surface area contributed by atoms with Crippen molar-refractivity contribution in [1.29, 1.82) is 0 Å². The number of carbonyl (C=O) groups is 2. The van der Waals surface area contributed by atoms with Crippen molar-refractivity contribution in [2.75, 3.05) is 19.4 Å². The Kier molecular flexibility index (Phi) is 9.59. The van der Waals surface area contributed by atoms with Gasteiger partial charge in [-0.05, 0) is 30.0 Å². The molecule has 152 valence electrons. The van der Waals surface area contributed by atoms with Crippen LogP contribution in [-0.4, -0.2) is 41.5 Å². The number of benzene rings is 1. The molecule has 0 saturated heterocycles. The van der Waals surface area contributed by atoms with E-state index in [-0.39, 0.29) is 11.7 Å². The average Bonchev–Trinajstić information content (AvgIpc) is 3.13. The molecule has 0 fully saturated rings. The molecule has 10 heteroatoms. The first-order valence-corrected chi connectivity index (χ1v) is 11.5. The molecule has 1 aromatic heterocycles. The second-order valence-corrected chi connectivity index (χ2v) is 9.67. The van der Waals surface area contributed by atoms with Gasteiger partial charge in [0.05, 0.1) is 12.9 Å². The van der Waals surface area contributed by atoms with Crippen molar-refractivity contribution in [3.05, 3.63) is 29.8 Å². The summed E-state index contributed by atoms with van der Waals surface area (Å²) in [4.78, 5) is 23.5. The van der Waals surface area contributed by atoms with Crippen molar-refractivity contribution in [1.82, 2.24) is 20.8 Å². The second-order valence-electron chi connectivity index (χ2n) is 6.25. The molecule has 0 radical (unpaired) electrons. The summed E-state index contributed by atoms with van der Waals surface area (Å²) in [7, 11) is 1.64. The van der Waals surface area contributed by atoms with Gasteiger partial charge in [0, 0.05) is 12.3 Å². The van der Waals surface area contributed by atoms with Gasteiger partial charge in [0.2, 0.25) is 5.91 Å². The lowest BCUT2D eigenvalue weighted by atomic mass is 10.1. The smallest absolute Gasteiger partial charge is 0.321 e. The van der Waals surface area contributed by atoms with Crippen LogP contribution in [0.5, 0.6) is 5.75 Å². The van der Waals surface area contributed by atoms with Crippen LogP contribution in [0.1, 0.15) is 25.8 Å². The van der Waals surface area contributed by atoms with Crippen LogP contribution in [0.2, 0.25) is 0 Å². The molecule has 0 aliphatic rings.